The van der Waals surface area contributed by atoms with Crippen molar-refractivity contribution in [2.24, 2.45) is 0 Å². The van der Waals surface area contributed by atoms with Crippen LogP contribution in [-0.2, 0) is 12.8 Å². The molecule has 1 aliphatic carbocycles. The van der Waals surface area contributed by atoms with Crippen molar-refractivity contribution in [1.82, 2.24) is 10.3 Å². The Morgan fingerprint density at radius 1 is 1.12 bits per heavy atom. The highest BCUT2D eigenvalue weighted by Crippen LogP contribution is 2.30. The van der Waals surface area contributed by atoms with Crippen molar-refractivity contribution in [2.75, 3.05) is 5.32 Å². The summed E-state index contributed by atoms with van der Waals surface area (Å²) in [6, 6.07) is 15.1. The minimum Gasteiger partial charge on any atom is -0.359 e. The minimum absolute atomic E-state index is 0.347. The topological polar surface area (TPSA) is 39.9 Å². The molecule has 1 heterocycles. The zero-order chi connectivity index (χ0) is 16.7. The average molecular weight is 335 g/mol. The van der Waals surface area contributed by atoms with Gasteiger partial charge in [-0.25, -0.2) is 0 Å². The first-order valence-corrected chi connectivity index (χ1v) is 8.74. The number of hydrogen-bond acceptors (Lipinski definition) is 1. The van der Waals surface area contributed by atoms with Crippen LogP contribution in [0.2, 0.25) is 0 Å². The summed E-state index contributed by atoms with van der Waals surface area (Å²) in [6.45, 7) is 4.23. The summed E-state index contributed by atoms with van der Waals surface area (Å²) in [5.74, 6) is 0. The van der Waals surface area contributed by atoms with Gasteiger partial charge in [0.2, 0.25) is 0 Å². The molecular weight excluding hydrogens is 314 g/mol. The van der Waals surface area contributed by atoms with Crippen LogP contribution in [0, 0.1) is 13.8 Å². The molecule has 24 heavy (non-hydrogen) atoms. The van der Waals surface area contributed by atoms with Crippen molar-refractivity contribution in [2.45, 2.75) is 32.7 Å². The van der Waals surface area contributed by atoms with E-state index in [1.807, 2.05) is 12.1 Å². The standard InChI is InChI=1S/C20H21N3S/c1-12-7-8-18-15(9-12)16-10-14(11-19(16)22-18)21-20(24)23-17-6-4-3-5-13(17)2/h3-9,14,22H,10-11H2,1-2H3,(H2,21,23,24). The highest BCUT2D eigenvalue weighted by atomic mass is 32.1. The Hall–Kier alpha value is -2.33. The Bertz CT molecular complexity index is 926. The van der Waals surface area contributed by atoms with Gasteiger partial charge in [0, 0.05) is 34.7 Å². The number of aryl methyl sites for hydroxylation is 2. The number of hydrogen-bond donors (Lipinski definition) is 3. The van der Waals surface area contributed by atoms with Crippen LogP contribution in [0.5, 0.6) is 0 Å². The third-order valence-corrected chi connectivity index (χ3v) is 5.00. The van der Waals surface area contributed by atoms with Gasteiger partial charge < -0.3 is 15.6 Å². The Labute approximate surface area is 147 Å². The smallest absolute Gasteiger partial charge is 0.171 e. The monoisotopic (exact) mass is 335 g/mol. The Morgan fingerprint density at radius 2 is 1.96 bits per heavy atom. The number of benzene rings is 2. The quantitative estimate of drug-likeness (QED) is 0.614. The molecule has 122 valence electrons. The normalized spacial score (nSPS) is 16.2. The van der Waals surface area contributed by atoms with Crippen LogP contribution in [0.4, 0.5) is 5.69 Å². The lowest BCUT2D eigenvalue weighted by molar-refractivity contribution is 0.644. The van der Waals surface area contributed by atoms with Gasteiger partial charge in [0.15, 0.2) is 5.11 Å². The zero-order valence-electron chi connectivity index (χ0n) is 13.9. The largest absolute Gasteiger partial charge is 0.359 e. The molecule has 0 fully saturated rings. The Balaban J connectivity index is 1.46. The van der Waals surface area contributed by atoms with Crippen molar-refractivity contribution in [3.05, 3.63) is 64.8 Å². The summed E-state index contributed by atoms with van der Waals surface area (Å²) >= 11 is 5.50. The van der Waals surface area contributed by atoms with Gasteiger partial charge in [0.25, 0.3) is 0 Å². The molecule has 0 saturated heterocycles. The number of anilines is 1. The summed E-state index contributed by atoms with van der Waals surface area (Å²) in [5.41, 5.74) is 7.58. The van der Waals surface area contributed by atoms with Gasteiger partial charge in [-0.15, -0.1) is 0 Å². The van der Waals surface area contributed by atoms with E-state index in [9.17, 15) is 0 Å². The van der Waals surface area contributed by atoms with Gasteiger partial charge in [-0.1, -0.05) is 29.8 Å². The maximum Gasteiger partial charge on any atom is 0.171 e. The first-order chi connectivity index (χ1) is 11.6. The molecule has 3 aromatic rings. The second-order valence-electron chi connectivity index (χ2n) is 6.65. The van der Waals surface area contributed by atoms with Crippen molar-refractivity contribution < 1.29 is 0 Å². The third kappa shape index (κ3) is 2.78. The predicted molar refractivity (Wildman–Crippen MR) is 105 cm³/mol. The van der Waals surface area contributed by atoms with Crippen LogP contribution >= 0.6 is 12.2 Å². The van der Waals surface area contributed by atoms with Crippen LogP contribution in [0.25, 0.3) is 10.9 Å². The van der Waals surface area contributed by atoms with E-state index in [2.05, 4.69) is 59.8 Å². The second kappa shape index (κ2) is 5.95. The summed E-state index contributed by atoms with van der Waals surface area (Å²) in [7, 11) is 0. The van der Waals surface area contributed by atoms with E-state index in [1.165, 1.54) is 33.3 Å². The number of H-pyrrole nitrogens is 1. The van der Waals surface area contributed by atoms with Crippen LogP contribution in [0.15, 0.2) is 42.5 Å². The Kier molecular flexibility index (Phi) is 3.77. The van der Waals surface area contributed by atoms with Crippen molar-refractivity contribution >= 4 is 33.9 Å². The molecule has 1 atom stereocenters. The summed E-state index contributed by atoms with van der Waals surface area (Å²) in [4.78, 5) is 3.56. The molecule has 4 heteroatoms. The summed E-state index contributed by atoms with van der Waals surface area (Å²) in [6.07, 6.45) is 1.99. The van der Waals surface area contributed by atoms with Gasteiger partial charge in [-0.3, -0.25) is 0 Å². The molecule has 0 radical (unpaired) electrons. The highest BCUT2D eigenvalue weighted by Gasteiger charge is 2.25. The fourth-order valence-electron chi connectivity index (χ4n) is 3.55. The molecule has 4 rings (SSSR count). The fraction of sp³-hybridized carbons (Fsp3) is 0.250. The molecule has 0 amide bonds. The first kappa shape index (κ1) is 15.2. The minimum atomic E-state index is 0.347. The van der Waals surface area contributed by atoms with Crippen molar-refractivity contribution in [1.29, 1.82) is 0 Å². The number of fused-ring (bicyclic) bond motifs is 3. The summed E-state index contributed by atoms with van der Waals surface area (Å²) < 4.78 is 0. The Morgan fingerprint density at radius 3 is 2.79 bits per heavy atom. The fourth-order valence-corrected chi connectivity index (χ4v) is 3.83. The van der Waals surface area contributed by atoms with Gasteiger partial charge >= 0.3 is 0 Å². The number of rotatable bonds is 2. The molecule has 0 bridgehead atoms. The van der Waals surface area contributed by atoms with E-state index >= 15 is 0 Å². The molecule has 3 nitrogen and oxygen atoms in total. The lowest BCUT2D eigenvalue weighted by atomic mass is 10.1. The van der Waals surface area contributed by atoms with E-state index in [1.54, 1.807) is 0 Å². The number of thiocarbonyl (C=S) groups is 1. The third-order valence-electron chi connectivity index (χ3n) is 4.78. The van der Waals surface area contributed by atoms with E-state index < -0.39 is 0 Å². The van der Waals surface area contributed by atoms with Gasteiger partial charge in [-0.2, -0.15) is 0 Å². The maximum atomic E-state index is 5.50. The summed E-state index contributed by atoms with van der Waals surface area (Å²) in [5, 5.41) is 8.83. The molecule has 0 saturated carbocycles. The van der Waals surface area contributed by atoms with Gasteiger partial charge in [-0.05, 0) is 61.8 Å². The number of aromatic nitrogens is 1. The SMILES string of the molecule is Cc1ccc2[nH]c3c(c2c1)CC(NC(=S)Nc1ccccc1C)C3. The molecule has 0 aliphatic heterocycles. The lowest BCUT2D eigenvalue weighted by Crippen LogP contribution is -2.38. The average Bonchev–Trinajstić information content (AvgIpc) is 3.07. The molecule has 1 unspecified atom stereocenters. The van der Waals surface area contributed by atoms with Crippen molar-refractivity contribution in [3.8, 4) is 0 Å². The second-order valence-corrected chi connectivity index (χ2v) is 7.06. The molecule has 1 aromatic heterocycles. The van der Waals surface area contributed by atoms with Gasteiger partial charge in [0.05, 0.1) is 0 Å². The van der Waals surface area contributed by atoms with Crippen LogP contribution in [-0.4, -0.2) is 16.1 Å². The van der Waals surface area contributed by atoms with E-state index in [0.717, 1.165) is 18.5 Å². The maximum absolute atomic E-state index is 5.50. The lowest BCUT2D eigenvalue weighted by Gasteiger charge is -2.17. The van der Waals surface area contributed by atoms with E-state index in [-0.39, 0.29) is 0 Å². The predicted octanol–water partition coefficient (Wildman–Crippen LogP) is 4.24. The van der Waals surface area contributed by atoms with Crippen molar-refractivity contribution in [3.63, 3.8) is 0 Å². The van der Waals surface area contributed by atoms with E-state index in [4.69, 9.17) is 12.2 Å². The molecule has 0 spiro atoms. The molecule has 1 aliphatic rings. The van der Waals surface area contributed by atoms with Crippen LogP contribution in [0.1, 0.15) is 22.4 Å². The number of nitrogens with one attached hydrogen (secondary N) is 3. The number of para-hydroxylation sites is 1. The molecule has 2 aromatic carbocycles. The first-order valence-electron chi connectivity index (χ1n) is 8.33. The highest BCUT2D eigenvalue weighted by molar-refractivity contribution is 7.80. The zero-order valence-corrected chi connectivity index (χ0v) is 14.8. The molecule has 3 N–H and O–H groups in total. The van der Waals surface area contributed by atoms with Gasteiger partial charge in [0.1, 0.15) is 0 Å². The number of aromatic amines is 1. The molecular formula is C20H21N3S. The van der Waals surface area contributed by atoms with E-state index in [0.29, 0.717) is 11.2 Å². The van der Waals surface area contributed by atoms with Crippen LogP contribution < -0.4 is 10.6 Å². The van der Waals surface area contributed by atoms with Crippen LogP contribution in [0.3, 0.4) is 0 Å².